The number of nitrogens with one attached hydrogen (secondary N) is 3. The van der Waals surface area contributed by atoms with Gasteiger partial charge in [0.2, 0.25) is 5.91 Å². The quantitative estimate of drug-likeness (QED) is 0.577. The van der Waals surface area contributed by atoms with E-state index >= 15 is 0 Å². The highest BCUT2D eigenvalue weighted by molar-refractivity contribution is 5.92. The summed E-state index contributed by atoms with van der Waals surface area (Å²) in [5.41, 5.74) is 1.70. The number of rotatable bonds is 9. The molecule has 0 saturated heterocycles. The Morgan fingerprint density at radius 3 is 2.13 bits per heavy atom. The molecule has 2 aromatic carbocycles. The SMILES string of the molecule is CC[NH+](CC(=O)Nc1ccc(NC(C)=O)cc1)CC(=O)N(C)Cc1ccccc1F. The van der Waals surface area contributed by atoms with Crippen LogP contribution in [0.5, 0.6) is 0 Å². The van der Waals surface area contributed by atoms with Gasteiger partial charge < -0.3 is 20.4 Å². The van der Waals surface area contributed by atoms with Gasteiger partial charge in [0, 0.05) is 37.5 Å². The maximum Gasteiger partial charge on any atom is 0.279 e. The lowest BCUT2D eigenvalue weighted by Crippen LogP contribution is -3.13. The summed E-state index contributed by atoms with van der Waals surface area (Å²) >= 11 is 0. The van der Waals surface area contributed by atoms with Gasteiger partial charge in [-0.1, -0.05) is 18.2 Å². The molecule has 1 unspecified atom stereocenters. The number of anilines is 2. The minimum Gasteiger partial charge on any atom is -0.336 e. The summed E-state index contributed by atoms with van der Waals surface area (Å²) in [6.07, 6.45) is 0. The molecule has 3 N–H and O–H groups in total. The van der Waals surface area contributed by atoms with Gasteiger partial charge in [-0.25, -0.2) is 4.39 Å². The lowest BCUT2D eigenvalue weighted by molar-refractivity contribution is -0.882. The molecule has 0 radical (unpaired) electrons. The molecule has 1 atom stereocenters. The molecule has 160 valence electrons. The molecule has 0 aromatic heterocycles. The molecule has 0 fully saturated rings. The summed E-state index contributed by atoms with van der Waals surface area (Å²) in [7, 11) is 1.62. The Kier molecular flexibility index (Phi) is 8.49. The van der Waals surface area contributed by atoms with Crippen LogP contribution in [0.3, 0.4) is 0 Å². The molecule has 8 heteroatoms. The van der Waals surface area contributed by atoms with Crippen molar-refractivity contribution >= 4 is 29.1 Å². The Morgan fingerprint density at radius 1 is 0.967 bits per heavy atom. The van der Waals surface area contributed by atoms with Gasteiger partial charge in [0.1, 0.15) is 5.82 Å². The first-order chi connectivity index (χ1) is 14.3. The zero-order valence-electron chi connectivity index (χ0n) is 17.5. The van der Waals surface area contributed by atoms with Gasteiger partial charge in [-0.15, -0.1) is 0 Å². The van der Waals surface area contributed by atoms with Crippen LogP contribution >= 0.6 is 0 Å². The number of hydrogen-bond acceptors (Lipinski definition) is 3. The average Bonchev–Trinajstić information content (AvgIpc) is 2.70. The van der Waals surface area contributed by atoms with Crippen LogP contribution in [0.4, 0.5) is 15.8 Å². The summed E-state index contributed by atoms with van der Waals surface area (Å²) in [5, 5.41) is 5.45. The molecule has 0 heterocycles. The summed E-state index contributed by atoms with van der Waals surface area (Å²) < 4.78 is 13.8. The fourth-order valence-corrected chi connectivity index (χ4v) is 2.90. The number of carbonyl (C=O) groups excluding carboxylic acids is 3. The molecule has 3 amide bonds. The third-order valence-corrected chi connectivity index (χ3v) is 4.59. The standard InChI is InChI=1S/C22H27FN4O3/c1-4-27(15-22(30)26(3)13-17-7-5-6-8-20(17)23)14-21(29)25-19-11-9-18(10-12-19)24-16(2)28/h5-12H,4,13-15H2,1-3H3,(H,24,28)(H,25,29)/p+1. The van der Waals surface area contributed by atoms with Gasteiger partial charge >= 0.3 is 0 Å². The Bertz CT molecular complexity index is 886. The lowest BCUT2D eigenvalue weighted by atomic mass is 10.2. The maximum atomic E-state index is 13.8. The predicted octanol–water partition coefficient (Wildman–Crippen LogP) is 1.29. The normalized spacial score (nSPS) is 11.5. The smallest absolute Gasteiger partial charge is 0.279 e. The summed E-state index contributed by atoms with van der Waals surface area (Å²) in [4.78, 5) is 38.2. The second-order valence-corrected chi connectivity index (χ2v) is 7.11. The molecule has 0 aliphatic heterocycles. The van der Waals surface area contributed by atoms with Crippen molar-refractivity contribution in [2.75, 3.05) is 37.3 Å². The van der Waals surface area contributed by atoms with E-state index in [0.29, 0.717) is 23.5 Å². The molecule has 0 bridgehead atoms. The van der Waals surface area contributed by atoms with Gasteiger partial charge in [-0.3, -0.25) is 14.4 Å². The molecule has 2 aromatic rings. The Balaban J connectivity index is 1.86. The molecule has 30 heavy (non-hydrogen) atoms. The van der Waals surface area contributed by atoms with Crippen molar-refractivity contribution in [3.8, 4) is 0 Å². The minimum absolute atomic E-state index is 0.128. The highest BCUT2D eigenvalue weighted by Crippen LogP contribution is 2.13. The van der Waals surface area contributed by atoms with E-state index in [2.05, 4.69) is 10.6 Å². The van der Waals surface area contributed by atoms with E-state index in [1.54, 1.807) is 49.5 Å². The van der Waals surface area contributed by atoms with Gasteiger partial charge in [0.15, 0.2) is 13.1 Å². The van der Waals surface area contributed by atoms with Crippen molar-refractivity contribution < 1.29 is 23.7 Å². The number of nitrogens with zero attached hydrogens (tertiary/aromatic N) is 1. The van der Waals surface area contributed by atoms with Crippen LogP contribution in [0.15, 0.2) is 48.5 Å². The average molecular weight is 415 g/mol. The summed E-state index contributed by atoms with van der Waals surface area (Å²) in [5.74, 6) is -0.898. The lowest BCUT2D eigenvalue weighted by Gasteiger charge is -2.22. The van der Waals surface area contributed by atoms with Crippen molar-refractivity contribution in [2.45, 2.75) is 20.4 Å². The van der Waals surface area contributed by atoms with Crippen LogP contribution in [0, 0.1) is 5.82 Å². The first-order valence-electron chi connectivity index (χ1n) is 9.77. The van der Waals surface area contributed by atoms with E-state index in [-0.39, 0.29) is 43.2 Å². The Morgan fingerprint density at radius 2 is 1.57 bits per heavy atom. The van der Waals surface area contributed by atoms with Crippen LogP contribution in [0.2, 0.25) is 0 Å². The number of benzene rings is 2. The Hall–Kier alpha value is -3.26. The number of amides is 3. The van der Waals surface area contributed by atoms with Gasteiger partial charge in [-0.2, -0.15) is 0 Å². The van der Waals surface area contributed by atoms with Crippen molar-refractivity contribution in [1.82, 2.24) is 4.90 Å². The van der Waals surface area contributed by atoms with Crippen molar-refractivity contribution in [2.24, 2.45) is 0 Å². The highest BCUT2D eigenvalue weighted by Gasteiger charge is 2.20. The van der Waals surface area contributed by atoms with E-state index in [9.17, 15) is 18.8 Å². The van der Waals surface area contributed by atoms with Gasteiger partial charge in [-0.05, 0) is 37.3 Å². The molecular weight excluding hydrogens is 387 g/mol. The van der Waals surface area contributed by atoms with Crippen molar-refractivity contribution in [3.63, 3.8) is 0 Å². The second kappa shape index (κ2) is 11.1. The fraction of sp³-hybridized carbons (Fsp3) is 0.318. The van der Waals surface area contributed by atoms with E-state index in [4.69, 9.17) is 0 Å². The topological polar surface area (TPSA) is 83.0 Å². The van der Waals surface area contributed by atoms with E-state index < -0.39 is 0 Å². The largest absolute Gasteiger partial charge is 0.336 e. The van der Waals surface area contributed by atoms with Crippen LogP contribution < -0.4 is 15.5 Å². The van der Waals surface area contributed by atoms with Crippen LogP contribution in [0.1, 0.15) is 19.4 Å². The molecule has 0 aliphatic rings. The van der Waals surface area contributed by atoms with Crippen molar-refractivity contribution in [3.05, 3.63) is 59.9 Å². The van der Waals surface area contributed by atoms with Crippen LogP contribution in [0.25, 0.3) is 0 Å². The second-order valence-electron chi connectivity index (χ2n) is 7.11. The number of hydrogen-bond donors (Lipinski definition) is 3. The molecule has 0 aliphatic carbocycles. The summed E-state index contributed by atoms with van der Waals surface area (Å²) in [6, 6.07) is 13.1. The van der Waals surface area contributed by atoms with E-state index in [1.807, 2.05) is 6.92 Å². The molecule has 7 nitrogen and oxygen atoms in total. The zero-order valence-corrected chi connectivity index (χ0v) is 17.5. The molecule has 0 spiro atoms. The van der Waals surface area contributed by atoms with Gasteiger partial charge in [0.05, 0.1) is 6.54 Å². The van der Waals surface area contributed by atoms with Crippen LogP contribution in [-0.4, -0.2) is 49.3 Å². The minimum atomic E-state index is -0.347. The van der Waals surface area contributed by atoms with E-state index in [1.165, 1.54) is 17.9 Å². The third-order valence-electron chi connectivity index (χ3n) is 4.59. The number of likely N-dealkylation sites (N-methyl/N-ethyl adjacent to an activating group) is 2. The first kappa shape index (κ1) is 23.0. The van der Waals surface area contributed by atoms with Crippen LogP contribution in [-0.2, 0) is 20.9 Å². The predicted molar refractivity (Wildman–Crippen MR) is 113 cm³/mol. The van der Waals surface area contributed by atoms with Gasteiger partial charge in [0.25, 0.3) is 11.8 Å². The monoisotopic (exact) mass is 415 g/mol. The number of carbonyl (C=O) groups is 3. The fourth-order valence-electron chi connectivity index (χ4n) is 2.90. The maximum absolute atomic E-state index is 13.8. The molecule has 0 saturated carbocycles. The Labute approximate surface area is 175 Å². The van der Waals surface area contributed by atoms with E-state index in [0.717, 1.165) is 4.90 Å². The number of halogens is 1. The highest BCUT2D eigenvalue weighted by atomic mass is 19.1. The first-order valence-corrected chi connectivity index (χ1v) is 9.77. The number of quaternary nitrogens is 1. The van der Waals surface area contributed by atoms with Crippen molar-refractivity contribution in [1.29, 1.82) is 0 Å². The third kappa shape index (κ3) is 7.29. The summed E-state index contributed by atoms with van der Waals surface area (Å²) in [6.45, 7) is 4.35. The molecular formula is C22H28FN4O3+. The molecule has 2 rings (SSSR count). The zero-order chi connectivity index (χ0) is 22.1.